The maximum absolute atomic E-state index is 12.7. The fourth-order valence-corrected chi connectivity index (χ4v) is 5.75. The Morgan fingerprint density at radius 1 is 1.05 bits per heavy atom. The van der Waals surface area contributed by atoms with E-state index in [-0.39, 0.29) is 36.3 Å². The van der Waals surface area contributed by atoms with Crippen LogP contribution in [0.4, 0.5) is 10.5 Å². The molecule has 2 aliphatic heterocycles. The van der Waals surface area contributed by atoms with Gasteiger partial charge in [0.25, 0.3) is 11.8 Å². The standard InChI is InChI=1S/C29H31N5O5/c1-17(2)33(29(38)39)26-13-18(3)34(19(4)35)25-10-9-20(14-24(25)26)21-15-30-31(16-21)11-12-32-27(36)22-7-5-6-8-23(22)28(32)37/h5-10,14-18,26H,11-13H2,1-4H3,(H,38,39)/t18-,26+/m0/s1. The molecule has 0 aliphatic carbocycles. The highest BCUT2D eigenvalue weighted by molar-refractivity contribution is 6.21. The minimum absolute atomic E-state index is 0.0950. The van der Waals surface area contributed by atoms with E-state index in [1.165, 1.54) is 16.7 Å². The molecule has 0 saturated heterocycles. The molecule has 3 aromatic rings. The SMILES string of the molecule is CC(=O)N1c2ccc(-c3cnn(CCN4C(=O)c5ccccc5C4=O)c3)cc2[C@H](N(C(=O)O)C(C)C)C[C@@H]1C. The van der Waals surface area contributed by atoms with Gasteiger partial charge in [-0.2, -0.15) is 5.10 Å². The van der Waals surface area contributed by atoms with Crippen molar-refractivity contribution in [3.05, 3.63) is 71.5 Å². The van der Waals surface area contributed by atoms with Crippen molar-refractivity contribution in [2.45, 2.75) is 58.8 Å². The Hall–Kier alpha value is -4.47. The van der Waals surface area contributed by atoms with Crippen molar-refractivity contribution < 1.29 is 24.3 Å². The van der Waals surface area contributed by atoms with Crippen molar-refractivity contribution in [2.75, 3.05) is 11.4 Å². The summed E-state index contributed by atoms with van der Waals surface area (Å²) in [6.45, 7) is 7.66. The van der Waals surface area contributed by atoms with Gasteiger partial charge < -0.3 is 10.0 Å². The largest absolute Gasteiger partial charge is 0.465 e. The lowest BCUT2D eigenvalue weighted by molar-refractivity contribution is -0.117. The van der Waals surface area contributed by atoms with Crippen LogP contribution in [0, 0.1) is 0 Å². The second-order valence-electron chi connectivity index (χ2n) is 10.3. The highest BCUT2D eigenvalue weighted by Gasteiger charge is 2.38. The second-order valence-corrected chi connectivity index (χ2v) is 10.3. The van der Waals surface area contributed by atoms with Crippen LogP contribution in [0.3, 0.4) is 0 Å². The van der Waals surface area contributed by atoms with E-state index in [4.69, 9.17) is 0 Å². The normalized spacial score (nSPS) is 18.4. The number of anilines is 1. The lowest BCUT2D eigenvalue weighted by Gasteiger charge is -2.43. The second kappa shape index (κ2) is 10.0. The molecule has 10 heteroatoms. The van der Waals surface area contributed by atoms with Crippen LogP contribution < -0.4 is 4.90 Å². The quantitative estimate of drug-likeness (QED) is 0.473. The van der Waals surface area contributed by atoms with Gasteiger partial charge in [0.05, 0.1) is 29.9 Å². The van der Waals surface area contributed by atoms with Gasteiger partial charge in [0.15, 0.2) is 0 Å². The number of hydrogen-bond donors (Lipinski definition) is 1. The lowest BCUT2D eigenvalue weighted by Crippen LogP contribution is -2.48. The highest BCUT2D eigenvalue weighted by atomic mass is 16.4. The van der Waals surface area contributed by atoms with Gasteiger partial charge in [-0.3, -0.25) is 28.9 Å². The molecule has 5 rings (SSSR count). The molecule has 10 nitrogen and oxygen atoms in total. The Bertz CT molecular complexity index is 1440. The summed E-state index contributed by atoms with van der Waals surface area (Å²) >= 11 is 0. The monoisotopic (exact) mass is 529 g/mol. The minimum Gasteiger partial charge on any atom is -0.465 e. The van der Waals surface area contributed by atoms with Crippen molar-refractivity contribution in [3.8, 4) is 11.1 Å². The number of rotatable bonds is 6. The zero-order valence-electron chi connectivity index (χ0n) is 22.4. The first-order chi connectivity index (χ1) is 18.6. The summed E-state index contributed by atoms with van der Waals surface area (Å²) in [5.74, 6) is -0.704. The van der Waals surface area contributed by atoms with Crippen molar-refractivity contribution in [1.29, 1.82) is 0 Å². The number of nitrogens with zero attached hydrogens (tertiary/aromatic N) is 5. The van der Waals surface area contributed by atoms with Gasteiger partial charge in [0, 0.05) is 43.0 Å². The van der Waals surface area contributed by atoms with Crippen LogP contribution in [-0.4, -0.2) is 67.1 Å². The molecule has 3 heterocycles. The van der Waals surface area contributed by atoms with Crippen LogP contribution in [-0.2, 0) is 11.3 Å². The average molecular weight is 530 g/mol. The number of carbonyl (C=O) groups is 4. The van der Waals surface area contributed by atoms with Gasteiger partial charge in [0.2, 0.25) is 5.91 Å². The number of fused-ring (bicyclic) bond motifs is 2. The summed E-state index contributed by atoms with van der Waals surface area (Å²) < 4.78 is 1.68. The molecule has 1 N–H and O–H groups in total. The Morgan fingerprint density at radius 2 is 1.72 bits per heavy atom. The Balaban J connectivity index is 1.41. The van der Waals surface area contributed by atoms with E-state index in [1.807, 2.05) is 45.2 Å². The van der Waals surface area contributed by atoms with Crippen LogP contribution in [0.1, 0.15) is 66.4 Å². The van der Waals surface area contributed by atoms with Gasteiger partial charge in [-0.15, -0.1) is 0 Å². The molecule has 0 bridgehead atoms. The summed E-state index contributed by atoms with van der Waals surface area (Å²) in [5, 5.41) is 14.4. The predicted octanol–water partition coefficient (Wildman–Crippen LogP) is 4.42. The zero-order valence-corrected chi connectivity index (χ0v) is 22.4. The molecule has 2 atom stereocenters. The summed E-state index contributed by atoms with van der Waals surface area (Å²) in [4.78, 5) is 54.5. The third-order valence-electron chi connectivity index (χ3n) is 7.50. The number of imide groups is 1. The van der Waals surface area contributed by atoms with Gasteiger partial charge >= 0.3 is 6.09 Å². The molecule has 4 amide bonds. The van der Waals surface area contributed by atoms with Crippen LogP contribution in [0.25, 0.3) is 11.1 Å². The summed E-state index contributed by atoms with van der Waals surface area (Å²) in [6, 6.07) is 11.7. The lowest BCUT2D eigenvalue weighted by atomic mass is 9.88. The average Bonchev–Trinajstić information content (AvgIpc) is 3.45. The fraction of sp³-hybridized carbons (Fsp3) is 0.345. The molecular weight excluding hydrogens is 498 g/mol. The molecule has 2 aromatic carbocycles. The van der Waals surface area contributed by atoms with E-state index in [0.29, 0.717) is 29.8 Å². The molecule has 1 aromatic heterocycles. The third-order valence-corrected chi connectivity index (χ3v) is 7.50. The molecule has 0 radical (unpaired) electrons. The first-order valence-corrected chi connectivity index (χ1v) is 13.0. The van der Waals surface area contributed by atoms with Crippen molar-refractivity contribution in [2.24, 2.45) is 0 Å². The zero-order chi connectivity index (χ0) is 28.0. The Morgan fingerprint density at radius 3 is 2.31 bits per heavy atom. The predicted molar refractivity (Wildman–Crippen MR) is 144 cm³/mol. The number of hydrogen-bond acceptors (Lipinski definition) is 5. The van der Waals surface area contributed by atoms with Crippen LogP contribution >= 0.6 is 0 Å². The highest BCUT2D eigenvalue weighted by Crippen LogP contribution is 2.43. The number of amides is 4. The van der Waals surface area contributed by atoms with Gasteiger partial charge in [-0.25, -0.2) is 4.79 Å². The minimum atomic E-state index is -1.00. The first-order valence-electron chi connectivity index (χ1n) is 13.0. The molecule has 0 fully saturated rings. The summed E-state index contributed by atoms with van der Waals surface area (Å²) in [7, 11) is 0. The van der Waals surface area contributed by atoms with E-state index in [0.717, 1.165) is 16.7 Å². The van der Waals surface area contributed by atoms with Gasteiger partial charge in [0.1, 0.15) is 0 Å². The van der Waals surface area contributed by atoms with Crippen molar-refractivity contribution >= 4 is 29.5 Å². The molecular formula is C29H31N5O5. The van der Waals surface area contributed by atoms with Gasteiger partial charge in [-0.05, 0) is 62.6 Å². The van der Waals surface area contributed by atoms with Crippen LogP contribution in [0.2, 0.25) is 0 Å². The first kappa shape index (κ1) is 26.1. The van der Waals surface area contributed by atoms with Crippen LogP contribution in [0.15, 0.2) is 54.9 Å². The maximum Gasteiger partial charge on any atom is 0.408 e. The van der Waals surface area contributed by atoms with Crippen molar-refractivity contribution in [3.63, 3.8) is 0 Å². The van der Waals surface area contributed by atoms with E-state index in [1.54, 1.807) is 40.0 Å². The summed E-state index contributed by atoms with van der Waals surface area (Å²) in [5.41, 5.74) is 3.95. The summed E-state index contributed by atoms with van der Waals surface area (Å²) in [6.07, 6.45) is 3.02. The maximum atomic E-state index is 12.7. The number of benzene rings is 2. The molecule has 2 aliphatic rings. The molecule has 0 unspecified atom stereocenters. The smallest absolute Gasteiger partial charge is 0.408 e. The topological polar surface area (TPSA) is 116 Å². The van der Waals surface area contributed by atoms with Crippen molar-refractivity contribution in [1.82, 2.24) is 19.6 Å². The Kier molecular flexibility index (Phi) is 6.71. The fourth-order valence-electron chi connectivity index (χ4n) is 5.75. The van der Waals surface area contributed by atoms with Crippen LogP contribution in [0.5, 0.6) is 0 Å². The molecule has 39 heavy (non-hydrogen) atoms. The number of aromatic nitrogens is 2. The number of carbonyl (C=O) groups excluding carboxylic acids is 3. The molecule has 202 valence electrons. The van der Waals surface area contributed by atoms with Gasteiger partial charge in [-0.1, -0.05) is 18.2 Å². The third kappa shape index (κ3) is 4.56. The molecule has 0 spiro atoms. The van der Waals surface area contributed by atoms with E-state index >= 15 is 0 Å². The van der Waals surface area contributed by atoms with E-state index in [2.05, 4.69) is 5.10 Å². The Labute approximate surface area is 226 Å². The van der Waals surface area contributed by atoms with E-state index in [9.17, 15) is 24.3 Å². The molecule has 0 saturated carbocycles. The number of carboxylic acid groups (broad SMARTS) is 1. The van der Waals surface area contributed by atoms with E-state index < -0.39 is 12.1 Å².